The molecule has 0 aliphatic carbocycles. The molecule has 0 aliphatic rings. The summed E-state index contributed by atoms with van der Waals surface area (Å²) in [7, 11) is -7.34. The average Bonchev–Trinajstić information content (AvgIpc) is 2.60. The maximum atomic E-state index is 13.3. The van der Waals surface area contributed by atoms with Crippen LogP contribution in [0.25, 0.3) is 0 Å². The van der Waals surface area contributed by atoms with Crippen LogP contribution in [-0.2, 0) is 14.3 Å². The van der Waals surface area contributed by atoms with Crippen molar-refractivity contribution in [2.24, 2.45) is 0 Å². The lowest BCUT2D eigenvalue weighted by atomic mass is 10.1. The molecule has 3 nitrogen and oxygen atoms in total. The van der Waals surface area contributed by atoms with Gasteiger partial charge in [0.05, 0.1) is 11.0 Å². The molecule has 0 amide bonds. The van der Waals surface area contributed by atoms with Crippen LogP contribution >= 0.6 is 0 Å². The Morgan fingerprint density at radius 3 is 2.13 bits per heavy atom. The van der Waals surface area contributed by atoms with E-state index in [0.717, 1.165) is 12.8 Å². The van der Waals surface area contributed by atoms with Crippen LogP contribution in [0.2, 0.25) is 37.8 Å². The van der Waals surface area contributed by atoms with Crippen molar-refractivity contribution < 1.29 is 12.8 Å². The predicted molar refractivity (Wildman–Crippen MR) is 133 cm³/mol. The molecule has 6 heteroatoms. The second kappa shape index (κ2) is 10.3. The second-order valence-electron chi connectivity index (χ2n) is 10.2. The van der Waals surface area contributed by atoms with Gasteiger partial charge in [-0.2, -0.15) is 0 Å². The van der Waals surface area contributed by atoms with E-state index in [9.17, 15) is 8.42 Å². The summed E-state index contributed by atoms with van der Waals surface area (Å²) in [5.74, 6) is 3.27. The van der Waals surface area contributed by atoms with Crippen LogP contribution in [0.4, 0.5) is 0 Å². The fourth-order valence-electron chi connectivity index (χ4n) is 2.59. The van der Waals surface area contributed by atoms with Crippen molar-refractivity contribution in [1.29, 1.82) is 0 Å². The molecule has 1 aromatic rings. The molecular formula is C24H38O3SSi2. The Hall–Kier alpha value is -1.36. The number of sulfone groups is 1. The predicted octanol–water partition coefficient (Wildman–Crippen LogP) is 6.57. The van der Waals surface area contributed by atoms with Gasteiger partial charge in [-0.05, 0) is 43.1 Å². The molecule has 30 heavy (non-hydrogen) atoms. The summed E-state index contributed by atoms with van der Waals surface area (Å²) in [5, 5.41) is -0.0360. The zero-order valence-electron chi connectivity index (χ0n) is 19.9. The molecule has 166 valence electrons. The minimum Gasteiger partial charge on any atom is -0.409 e. The van der Waals surface area contributed by atoms with Gasteiger partial charge in [0.15, 0.2) is 8.32 Å². The lowest BCUT2D eigenvalue weighted by Crippen LogP contribution is -2.45. The molecule has 0 saturated heterocycles. The zero-order valence-corrected chi connectivity index (χ0v) is 22.7. The highest BCUT2D eigenvalue weighted by Gasteiger charge is 2.41. The first kappa shape index (κ1) is 26.7. The van der Waals surface area contributed by atoms with Crippen molar-refractivity contribution in [2.45, 2.75) is 88.8 Å². The molecule has 1 rings (SSSR count). The molecular weight excluding hydrogens is 425 g/mol. The topological polar surface area (TPSA) is 43.4 Å². The highest BCUT2D eigenvalue weighted by atomic mass is 32.2. The summed E-state index contributed by atoms with van der Waals surface area (Å²) < 4.78 is 33.3. The molecule has 1 aromatic carbocycles. The largest absolute Gasteiger partial charge is 0.409 e. The highest BCUT2D eigenvalue weighted by molar-refractivity contribution is 7.95. The SMILES string of the molecule is C=C=C(C(CCCC#C[Si](C)(C)C)O[Si](C)(C)C(C)(C)C)S(=O)(=O)c1ccccc1. The molecule has 1 atom stereocenters. The van der Waals surface area contributed by atoms with Gasteiger partial charge in [-0.25, -0.2) is 8.42 Å². The second-order valence-corrected chi connectivity index (χ2v) is 21.6. The third kappa shape index (κ3) is 7.72. The average molecular weight is 463 g/mol. The van der Waals surface area contributed by atoms with Crippen molar-refractivity contribution in [3.8, 4) is 11.5 Å². The minimum atomic E-state index is -3.72. The van der Waals surface area contributed by atoms with Crippen molar-refractivity contribution in [3.05, 3.63) is 47.5 Å². The fourth-order valence-corrected chi connectivity index (χ4v) is 6.10. The molecule has 0 radical (unpaired) electrons. The summed E-state index contributed by atoms with van der Waals surface area (Å²) in [6, 6.07) is 8.47. The summed E-state index contributed by atoms with van der Waals surface area (Å²) >= 11 is 0. The van der Waals surface area contributed by atoms with Crippen molar-refractivity contribution in [3.63, 3.8) is 0 Å². The molecule has 0 N–H and O–H groups in total. The Balaban J connectivity index is 3.23. The van der Waals surface area contributed by atoms with E-state index in [-0.39, 0.29) is 14.8 Å². The molecule has 0 fully saturated rings. The van der Waals surface area contributed by atoms with Crippen LogP contribution in [0.1, 0.15) is 40.0 Å². The molecule has 0 spiro atoms. The first-order chi connectivity index (χ1) is 13.6. The van der Waals surface area contributed by atoms with Gasteiger partial charge in [0.1, 0.15) is 13.0 Å². The van der Waals surface area contributed by atoms with Gasteiger partial charge in [-0.15, -0.1) is 17.2 Å². The van der Waals surface area contributed by atoms with E-state index in [4.69, 9.17) is 4.43 Å². The maximum absolute atomic E-state index is 13.3. The van der Waals surface area contributed by atoms with Crippen molar-refractivity contribution in [2.75, 3.05) is 0 Å². The molecule has 0 saturated carbocycles. The Morgan fingerprint density at radius 1 is 1.10 bits per heavy atom. The Labute approximate surface area is 186 Å². The smallest absolute Gasteiger partial charge is 0.212 e. The van der Waals surface area contributed by atoms with Crippen LogP contribution in [0, 0.1) is 11.5 Å². The standard InChI is InChI=1S/C24H38O3SSi2/c1-10-23(28(25,26)21-17-13-11-14-18-21)22(27-30(8,9)24(2,3)4)19-15-12-16-20-29(5,6)7/h11,13-14,17-18,22H,1,12,15,19H2,2-9H3. The van der Waals surface area contributed by atoms with Gasteiger partial charge in [0, 0.05) is 6.42 Å². The van der Waals surface area contributed by atoms with Crippen molar-refractivity contribution in [1.82, 2.24) is 0 Å². The van der Waals surface area contributed by atoms with E-state index in [1.54, 1.807) is 30.3 Å². The minimum absolute atomic E-state index is 0.0360. The number of hydrogen-bond acceptors (Lipinski definition) is 3. The van der Waals surface area contributed by atoms with E-state index in [2.05, 4.69) is 77.3 Å². The lowest BCUT2D eigenvalue weighted by molar-refractivity contribution is 0.208. The maximum Gasteiger partial charge on any atom is 0.212 e. The molecule has 1 unspecified atom stereocenters. The highest BCUT2D eigenvalue weighted by Crippen LogP contribution is 2.39. The molecule has 0 heterocycles. The summed E-state index contributed by atoms with van der Waals surface area (Å²) in [4.78, 5) is 0.384. The van der Waals surface area contributed by atoms with Crippen LogP contribution in [-0.4, -0.2) is 30.9 Å². The molecule has 0 bridgehead atoms. The van der Waals surface area contributed by atoms with Gasteiger partial charge in [0.2, 0.25) is 9.84 Å². The summed E-state index contributed by atoms with van der Waals surface area (Å²) in [5.41, 5.74) is 6.10. The van der Waals surface area contributed by atoms with E-state index < -0.39 is 32.3 Å². The van der Waals surface area contributed by atoms with Gasteiger partial charge in [-0.1, -0.05) is 65.2 Å². The number of hydrogen-bond donors (Lipinski definition) is 0. The quantitative estimate of drug-likeness (QED) is 0.190. The van der Waals surface area contributed by atoms with Crippen LogP contribution in [0.3, 0.4) is 0 Å². The summed E-state index contributed by atoms with van der Waals surface area (Å²) in [6.07, 6.45) is 1.52. The summed E-state index contributed by atoms with van der Waals surface area (Å²) in [6.45, 7) is 21.1. The third-order valence-electron chi connectivity index (χ3n) is 5.28. The zero-order chi connectivity index (χ0) is 23.2. The Morgan fingerprint density at radius 2 is 1.67 bits per heavy atom. The Bertz CT molecular complexity index is 919. The molecule has 0 aromatic heterocycles. The third-order valence-corrected chi connectivity index (χ3v) is 12.6. The van der Waals surface area contributed by atoms with Gasteiger partial charge in [0.25, 0.3) is 0 Å². The van der Waals surface area contributed by atoms with E-state index in [0.29, 0.717) is 6.42 Å². The number of rotatable bonds is 8. The van der Waals surface area contributed by atoms with E-state index in [1.807, 2.05) is 0 Å². The number of unbranched alkanes of at least 4 members (excludes halogenated alkanes) is 1. The normalized spacial score (nSPS) is 13.7. The fraction of sp³-hybridized carbons (Fsp3) is 0.542. The lowest BCUT2D eigenvalue weighted by Gasteiger charge is -2.39. The number of benzene rings is 1. The Kier molecular flexibility index (Phi) is 9.16. The van der Waals surface area contributed by atoms with Gasteiger partial charge in [-0.3, -0.25) is 0 Å². The van der Waals surface area contributed by atoms with Gasteiger partial charge < -0.3 is 4.43 Å². The monoisotopic (exact) mass is 462 g/mol. The van der Waals surface area contributed by atoms with Gasteiger partial charge >= 0.3 is 0 Å². The van der Waals surface area contributed by atoms with E-state index >= 15 is 0 Å². The first-order valence-corrected chi connectivity index (χ1v) is 18.4. The van der Waals surface area contributed by atoms with Crippen molar-refractivity contribution >= 4 is 26.2 Å². The van der Waals surface area contributed by atoms with Crippen LogP contribution < -0.4 is 0 Å². The van der Waals surface area contributed by atoms with Crippen LogP contribution in [0.5, 0.6) is 0 Å². The van der Waals surface area contributed by atoms with Crippen LogP contribution in [0.15, 0.2) is 52.4 Å². The first-order valence-electron chi connectivity index (χ1n) is 10.5. The van der Waals surface area contributed by atoms with E-state index in [1.165, 1.54) is 0 Å². The molecule has 0 aliphatic heterocycles.